The summed E-state index contributed by atoms with van der Waals surface area (Å²) in [5, 5.41) is 12.9. The number of amides is 1. The molecule has 0 saturated carbocycles. The lowest BCUT2D eigenvalue weighted by molar-refractivity contribution is -0.140. The molecule has 3 aliphatic rings. The van der Waals surface area contributed by atoms with Gasteiger partial charge in [0, 0.05) is 43.8 Å². The predicted octanol–water partition coefficient (Wildman–Crippen LogP) is 2.60. The number of likely N-dealkylation sites (tertiary alicyclic amines) is 1. The molecule has 4 rings (SSSR count). The van der Waals surface area contributed by atoms with Gasteiger partial charge in [0.2, 0.25) is 5.91 Å². The molecule has 0 bridgehead atoms. The maximum atomic E-state index is 13.6. The normalized spacial score (nSPS) is 24.7. The molecule has 156 valence electrons. The van der Waals surface area contributed by atoms with Crippen molar-refractivity contribution in [2.75, 3.05) is 26.2 Å². The summed E-state index contributed by atoms with van der Waals surface area (Å²) < 4.78 is 19.8. The van der Waals surface area contributed by atoms with Crippen molar-refractivity contribution in [3.8, 4) is 5.75 Å². The van der Waals surface area contributed by atoms with E-state index < -0.39 is 24.5 Å². The second-order valence-electron chi connectivity index (χ2n) is 8.56. The zero-order valence-electron chi connectivity index (χ0n) is 16.7. The number of carbonyl (C=O) groups excluding carboxylic acids is 1. The van der Waals surface area contributed by atoms with Crippen molar-refractivity contribution in [2.24, 2.45) is 11.1 Å². The highest BCUT2D eigenvalue weighted by Gasteiger charge is 2.45. The van der Waals surface area contributed by atoms with Crippen molar-refractivity contribution in [1.82, 2.24) is 9.71 Å². The van der Waals surface area contributed by atoms with Crippen LogP contribution in [0.5, 0.6) is 5.75 Å². The van der Waals surface area contributed by atoms with Gasteiger partial charge in [0.15, 0.2) is 0 Å². The molecule has 1 aromatic carbocycles. The molecule has 0 radical (unpaired) electrons. The monoisotopic (exact) mass is 403 g/mol. The molecule has 1 aromatic rings. The first-order valence-electron chi connectivity index (χ1n) is 10.4. The third kappa shape index (κ3) is 4.03. The highest BCUT2D eigenvalue weighted by Crippen LogP contribution is 2.46. The van der Waals surface area contributed by atoms with Crippen molar-refractivity contribution in [2.45, 2.75) is 50.6 Å². The van der Waals surface area contributed by atoms with E-state index in [-0.39, 0.29) is 11.8 Å². The Morgan fingerprint density at radius 2 is 1.97 bits per heavy atom. The predicted molar refractivity (Wildman–Crippen MR) is 107 cm³/mol. The van der Waals surface area contributed by atoms with Gasteiger partial charge in [-0.3, -0.25) is 4.79 Å². The van der Waals surface area contributed by atoms with Gasteiger partial charge in [0.05, 0.1) is 0 Å². The van der Waals surface area contributed by atoms with Crippen LogP contribution in [-0.2, 0) is 4.79 Å². The standard InChI is InChI=1S/C20H27BFN3O4/c1-21(27)25-8-4-14(5-9-25)19(26)24-10-6-20(7-11-24)13-17(23-28)16-12-15(22)2-3-18(16)29-20/h2-3,12,14,17,27H,4-11,13H2,1H3. The van der Waals surface area contributed by atoms with Crippen LogP contribution in [0.2, 0.25) is 6.82 Å². The van der Waals surface area contributed by atoms with Crippen molar-refractivity contribution < 1.29 is 18.9 Å². The number of hydrogen-bond acceptors (Lipinski definition) is 6. The summed E-state index contributed by atoms with van der Waals surface area (Å²) in [7, 11) is -0.472. The van der Waals surface area contributed by atoms with Gasteiger partial charge in [0.1, 0.15) is 23.2 Å². The van der Waals surface area contributed by atoms with Crippen LogP contribution in [0.25, 0.3) is 0 Å². The molecule has 3 aliphatic heterocycles. The molecule has 29 heavy (non-hydrogen) atoms. The topological polar surface area (TPSA) is 82.4 Å². The minimum atomic E-state index is -0.624. The number of carbonyl (C=O) groups is 1. The SMILES string of the molecule is CB(O)N1CCC(C(=O)N2CCC3(CC2)CC(N=O)c2cc(F)ccc2O3)CC1. The average molecular weight is 403 g/mol. The number of rotatable bonds is 3. The molecule has 1 amide bonds. The Hall–Kier alpha value is -2.00. The van der Waals surface area contributed by atoms with Crippen molar-refractivity contribution in [3.63, 3.8) is 0 Å². The summed E-state index contributed by atoms with van der Waals surface area (Å²) >= 11 is 0. The van der Waals surface area contributed by atoms with Crippen LogP contribution in [0.4, 0.5) is 4.39 Å². The Balaban J connectivity index is 1.38. The number of nitrogens with zero attached hydrogens (tertiary/aromatic N) is 3. The lowest BCUT2D eigenvalue weighted by Crippen LogP contribution is -2.53. The molecule has 1 N–H and O–H groups in total. The van der Waals surface area contributed by atoms with Gasteiger partial charge in [-0.2, -0.15) is 4.91 Å². The summed E-state index contributed by atoms with van der Waals surface area (Å²) in [4.78, 5) is 28.2. The van der Waals surface area contributed by atoms with Crippen molar-refractivity contribution in [3.05, 3.63) is 34.5 Å². The Kier molecular flexibility index (Phi) is 5.62. The highest BCUT2D eigenvalue weighted by molar-refractivity contribution is 6.45. The molecular formula is C20H27BFN3O4. The fraction of sp³-hybridized carbons (Fsp3) is 0.650. The number of ether oxygens (including phenoxy) is 1. The number of fused-ring (bicyclic) bond motifs is 1. The lowest BCUT2D eigenvalue weighted by Gasteiger charge is -2.46. The first-order chi connectivity index (χ1) is 13.9. The molecule has 0 aliphatic carbocycles. The van der Waals surface area contributed by atoms with Gasteiger partial charge in [-0.25, -0.2) is 4.39 Å². The first kappa shape index (κ1) is 20.3. The minimum absolute atomic E-state index is 0.000541. The lowest BCUT2D eigenvalue weighted by atomic mass is 9.79. The third-order valence-corrected chi connectivity index (χ3v) is 6.74. The van der Waals surface area contributed by atoms with Crippen LogP contribution >= 0.6 is 0 Å². The van der Waals surface area contributed by atoms with Crippen LogP contribution in [-0.4, -0.2) is 59.5 Å². The number of hydrogen-bond donors (Lipinski definition) is 1. The summed E-state index contributed by atoms with van der Waals surface area (Å²) in [5.41, 5.74) is -0.0235. The van der Waals surface area contributed by atoms with E-state index in [9.17, 15) is 19.1 Å². The number of nitroso groups, excluding NO2 is 1. The van der Waals surface area contributed by atoms with E-state index in [1.54, 1.807) is 12.9 Å². The molecule has 7 nitrogen and oxygen atoms in total. The van der Waals surface area contributed by atoms with Crippen LogP contribution < -0.4 is 4.74 Å². The third-order valence-electron chi connectivity index (χ3n) is 6.74. The second kappa shape index (κ2) is 8.03. The molecule has 2 fully saturated rings. The van der Waals surface area contributed by atoms with Gasteiger partial charge < -0.3 is 19.5 Å². The van der Waals surface area contributed by atoms with Gasteiger partial charge in [-0.05, 0) is 51.0 Å². The molecule has 9 heteroatoms. The van der Waals surface area contributed by atoms with Crippen LogP contribution in [0.15, 0.2) is 23.4 Å². The quantitative estimate of drug-likeness (QED) is 0.620. The van der Waals surface area contributed by atoms with E-state index >= 15 is 0 Å². The van der Waals surface area contributed by atoms with E-state index in [0.29, 0.717) is 43.7 Å². The van der Waals surface area contributed by atoms with Gasteiger partial charge in [-0.15, -0.1) is 0 Å². The Bertz CT molecular complexity index is 777. The van der Waals surface area contributed by atoms with Crippen LogP contribution in [0, 0.1) is 16.6 Å². The van der Waals surface area contributed by atoms with Crippen LogP contribution in [0.1, 0.15) is 43.7 Å². The zero-order chi connectivity index (χ0) is 20.6. The number of piperidine rings is 2. The zero-order valence-corrected chi connectivity index (χ0v) is 16.7. The summed E-state index contributed by atoms with van der Waals surface area (Å²) in [6.45, 7) is 4.38. The van der Waals surface area contributed by atoms with Gasteiger partial charge >= 0.3 is 7.05 Å². The molecule has 3 heterocycles. The van der Waals surface area contributed by atoms with Gasteiger partial charge in [0.25, 0.3) is 0 Å². The van der Waals surface area contributed by atoms with E-state index in [0.717, 1.165) is 25.9 Å². The van der Waals surface area contributed by atoms with Crippen LogP contribution in [0.3, 0.4) is 0 Å². The fourth-order valence-electron chi connectivity index (χ4n) is 4.92. The van der Waals surface area contributed by atoms with E-state index in [1.807, 2.05) is 9.71 Å². The average Bonchev–Trinajstić information content (AvgIpc) is 2.74. The summed E-state index contributed by atoms with van der Waals surface area (Å²) in [6, 6.07) is 3.60. The van der Waals surface area contributed by atoms with E-state index in [4.69, 9.17) is 4.74 Å². The van der Waals surface area contributed by atoms with E-state index in [2.05, 4.69) is 5.18 Å². The minimum Gasteiger partial charge on any atom is -0.487 e. The van der Waals surface area contributed by atoms with Gasteiger partial charge in [-0.1, -0.05) is 5.18 Å². The molecular weight excluding hydrogens is 376 g/mol. The molecule has 0 aromatic heterocycles. The number of halogens is 1. The van der Waals surface area contributed by atoms with Crippen molar-refractivity contribution in [1.29, 1.82) is 0 Å². The smallest absolute Gasteiger partial charge is 0.376 e. The molecule has 1 atom stereocenters. The highest BCUT2D eigenvalue weighted by atomic mass is 19.1. The maximum Gasteiger partial charge on any atom is 0.376 e. The number of benzene rings is 1. The molecule has 1 unspecified atom stereocenters. The molecule has 1 spiro atoms. The van der Waals surface area contributed by atoms with Crippen molar-refractivity contribution >= 4 is 13.0 Å². The van der Waals surface area contributed by atoms with E-state index in [1.165, 1.54) is 12.1 Å². The summed E-state index contributed by atoms with van der Waals surface area (Å²) in [6.07, 6.45) is 3.21. The Morgan fingerprint density at radius 1 is 1.28 bits per heavy atom. The Morgan fingerprint density at radius 3 is 2.59 bits per heavy atom. The maximum absolute atomic E-state index is 13.6. The Labute approximate surface area is 170 Å². The molecule has 2 saturated heterocycles. The second-order valence-corrected chi connectivity index (χ2v) is 8.56. The summed E-state index contributed by atoms with van der Waals surface area (Å²) in [5.74, 6) is 0.291. The largest absolute Gasteiger partial charge is 0.487 e. The fourth-order valence-corrected chi connectivity index (χ4v) is 4.92. The first-order valence-corrected chi connectivity index (χ1v) is 10.4.